The summed E-state index contributed by atoms with van der Waals surface area (Å²) in [7, 11) is -9.61. The number of rotatable bonds is 12. The number of hydrogen-bond acceptors (Lipinski definition) is 10. The molecule has 0 bridgehead atoms. The number of anilines is 1. The fraction of sp³-hybridized carbons (Fsp3) is 0.447. The first-order valence-corrected chi connectivity index (χ1v) is 21.4. The SMILES string of the molecule is CCC1=CC(C)(C)[N+]2=c3c1cc1c(c3CCC2)Oc2c(cc3c(c2S(=O)(=O)O)NC(C)(C)C=C3CS(=O)(=O)O)C=1c1nccn1CCCCNC(=O)CON. The first-order chi connectivity index (χ1) is 25.8. The highest BCUT2D eigenvalue weighted by molar-refractivity contribution is 7.86. The van der Waals surface area contributed by atoms with Crippen molar-refractivity contribution in [3.05, 3.63) is 75.3 Å². The second-order valence-corrected chi connectivity index (χ2v) is 18.4. The van der Waals surface area contributed by atoms with Crippen LogP contribution in [0.5, 0.6) is 11.5 Å². The Bertz CT molecular complexity index is 2550. The predicted molar refractivity (Wildman–Crippen MR) is 207 cm³/mol. The van der Waals surface area contributed by atoms with Crippen molar-refractivity contribution >= 4 is 48.6 Å². The molecular formula is C38H47N6O9S2+. The summed E-state index contributed by atoms with van der Waals surface area (Å²) in [6, 6.07) is 3.73. The maximum atomic E-state index is 13.6. The van der Waals surface area contributed by atoms with Gasteiger partial charge >= 0.3 is 0 Å². The number of unbranched alkanes of at least 4 members (excludes halogenated alkanes) is 1. The standard InChI is InChI=1S/C38H46N6O9S2/c1-6-22-19-38(4,5)44-14-9-10-24-32(44)26(22)17-27-30(36-41-12-15-43(36)13-8-7-11-40-29(45)20-52-39)28-16-25-23(21-54(46,47)48)18-37(2,3)42-31(25)35(55(49,50)51)34(28)53-33(24)27/h12,15-19H,6-11,13-14,20-21,39H2,1-5H3,(H3,40,45,46,47,48,49,50,51)/p+1. The van der Waals surface area contributed by atoms with Crippen molar-refractivity contribution in [1.82, 2.24) is 19.4 Å². The summed E-state index contributed by atoms with van der Waals surface area (Å²) < 4.78 is 84.1. The molecule has 4 aliphatic rings. The second kappa shape index (κ2) is 14.0. The molecule has 7 rings (SSSR count). The van der Waals surface area contributed by atoms with E-state index in [4.69, 9.17) is 15.6 Å². The van der Waals surface area contributed by atoms with Gasteiger partial charge in [0.1, 0.15) is 30.5 Å². The van der Waals surface area contributed by atoms with Crippen LogP contribution in [0.2, 0.25) is 0 Å². The molecule has 4 aliphatic heterocycles. The Hall–Kier alpha value is -4.39. The van der Waals surface area contributed by atoms with Crippen LogP contribution in [-0.2, 0) is 42.8 Å². The number of benzene rings is 2. The highest BCUT2D eigenvalue weighted by atomic mass is 32.2. The van der Waals surface area contributed by atoms with Crippen LogP contribution >= 0.6 is 0 Å². The highest BCUT2D eigenvalue weighted by Gasteiger charge is 2.42. The average molecular weight is 796 g/mol. The van der Waals surface area contributed by atoms with Crippen LogP contribution in [0.25, 0.3) is 16.7 Å². The van der Waals surface area contributed by atoms with E-state index < -0.39 is 36.4 Å². The summed E-state index contributed by atoms with van der Waals surface area (Å²) in [5, 5.41) is 7.64. The zero-order valence-electron chi connectivity index (χ0n) is 31.5. The molecule has 0 unspecified atom stereocenters. The Kier molecular flexibility index (Phi) is 9.87. The molecule has 5 heterocycles. The maximum absolute atomic E-state index is 13.6. The zero-order chi connectivity index (χ0) is 39.7. The first-order valence-electron chi connectivity index (χ1n) is 18.3. The molecular weight excluding hydrogens is 749 g/mol. The van der Waals surface area contributed by atoms with E-state index in [1.165, 1.54) is 0 Å². The molecule has 0 saturated carbocycles. The van der Waals surface area contributed by atoms with E-state index in [1.54, 1.807) is 32.2 Å². The third-order valence-electron chi connectivity index (χ3n) is 10.6. The molecule has 0 atom stereocenters. The van der Waals surface area contributed by atoms with Crippen molar-refractivity contribution in [2.45, 2.75) is 89.2 Å². The van der Waals surface area contributed by atoms with Crippen LogP contribution in [-0.4, -0.2) is 77.9 Å². The summed E-state index contributed by atoms with van der Waals surface area (Å²) in [6.45, 7) is 11.4. The number of aromatic nitrogens is 2. The number of nitrogens with two attached hydrogens (primary N) is 1. The zero-order valence-corrected chi connectivity index (χ0v) is 33.2. The topological polar surface area (TPSA) is 215 Å². The van der Waals surface area contributed by atoms with Gasteiger partial charge in [-0.1, -0.05) is 13.0 Å². The van der Waals surface area contributed by atoms with Crippen LogP contribution in [0.3, 0.4) is 0 Å². The number of nitrogens with zero attached hydrogens (tertiary/aromatic N) is 3. The molecule has 0 saturated heterocycles. The van der Waals surface area contributed by atoms with E-state index in [-0.39, 0.29) is 46.2 Å². The molecule has 0 spiro atoms. The Balaban J connectivity index is 1.54. The molecule has 2 aromatic carbocycles. The molecule has 0 fully saturated rings. The van der Waals surface area contributed by atoms with E-state index in [9.17, 15) is 30.7 Å². The molecule has 55 heavy (non-hydrogen) atoms. The van der Waals surface area contributed by atoms with Crippen LogP contribution in [0, 0.1) is 0 Å². The summed E-state index contributed by atoms with van der Waals surface area (Å²) in [5.41, 5.74) is 2.95. The first kappa shape index (κ1) is 38.9. The van der Waals surface area contributed by atoms with E-state index >= 15 is 0 Å². The summed E-state index contributed by atoms with van der Waals surface area (Å²) in [4.78, 5) is 20.5. The van der Waals surface area contributed by atoms with Gasteiger partial charge in [-0.15, -0.1) is 0 Å². The van der Waals surface area contributed by atoms with E-state index in [0.29, 0.717) is 54.7 Å². The minimum Gasteiger partial charge on any atom is -0.454 e. The minimum atomic E-state index is -5.04. The van der Waals surface area contributed by atoms with Gasteiger partial charge in [-0.2, -0.15) is 16.8 Å². The lowest BCUT2D eigenvalue weighted by atomic mass is 9.83. The van der Waals surface area contributed by atoms with Gasteiger partial charge in [-0.3, -0.25) is 18.7 Å². The van der Waals surface area contributed by atoms with Crippen molar-refractivity contribution in [1.29, 1.82) is 0 Å². The number of carbonyl (C=O) groups excluding carboxylic acids is 1. The van der Waals surface area contributed by atoms with Crippen molar-refractivity contribution in [3.63, 3.8) is 0 Å². The summed E-state index contributed by atoms with van der Waals surface area (Å²) in [6.07, 6.45) is 10.9. The van der Waals surface area contributed by atoms with E-state index in [0.717, 1.165) is 41.4 Å². The molecule has 15 nitrogen and oxygen atoms in total. The number of allylic oxidation sites excluding steroid dienone is 1. The number of amides is 1. The third-order valence-corrected chi connectivity index (χ3v) is 12.2. The Morgan fingerprint density at radius 2 is 1.84 bits per heavy atom. The number of fused-ring (bicyclic) bond motifs is 4. The third kappa shape index (κ3) is 7.24. The molecule has 0 aliphatic carbocycles. The monoisotopic (exact) mass is 795 g/mol. The normalized spacial score (nSPS) is 17.8. The highest BCUT2D eigenvalue weighted by Crippen LogP contribution is 2.50. The smallest absolute Gasteiger partial charge is 0.300 e. The van der Waals surface area contributed by atoms with Gasteiger partial charge in [0.15, 0.2) is 16.2 Å². The molecule has 1 amide bonds. The number of aryl methyl sites for hydroxylation is 1. The molecule has 3 aromatic rings. The van der Waals surface area contributed by atoms with Gasteiger partial charge in [0.25, 0.3) is 20.2 Å². The van der Waals surface area contributed by atoms with Crippen molar-refractivity contribution in [2.24, 2.45) is 5.90 Å². The van der Waals surface area contributed by atoms with Gasteiger partial charge in [-0.05, 0) is 68.9 Å². The Labute approximate surface area is 320 Å². The molecule has 17 heteroatoms. The largest absolute Gasteiger partial charge is 0.454 e. The lowest BCUT2D eigenvalue weighted by Crippen LogP contribution is -2.53. The van der Waals surface area contributed by atoms with Gasteiger partial charge < -0.3 is 19.9 Å². The van der Waals surface area contributed by atoms with Gasteiger partial charge in [0.05, 0.1) is 22.4 Å². The lowest BCUT2D eigenvalue weighted by molar-refractivity contribution is -0.125. The van der Waals surface area contributed by atoms with Crippen LogP contribution in [0.15, 0.2) is 41.6 Å². The van der Waals surface area contributed by atoms with Crippen LogP contribution in [0.1, 0.15) is 88.4 Å². The number of nitrogens with one attached hydrogen (secondary N) is 2. The van der Waals surface area contributed by atoms with Crippen molar-refractivity contribution < 1.29 is 40.3 Å². The van der Waals surface area contributed by atoms with Crippen molar-refractivity contribution in [3.8, 4) is 11.5 Å². The number of imidazole rings is 1. The Morgan fingerprint density at radius 1 is 1.07 bits per heavy atom. The average Bonchev–Trinajstić information content (AvgIpc) is 3.54. The quantitative estimate of drug-likeness (QED) is 0.0606. The van der Waals surface area contributed by atoms with Crippen LogP contribution < -0.4 is 36.4 Å². The van der Waals surface area contributed by atoms with Gasteiger partial charge in [-0.25, -0.2) is 15.5 Å². The van der Waals surface area contributed by atoms with Crippen LogP contribution in [0.4, 0.5) is 5.69 Å². The summed E-state index contributed by atoms with van der Waals surface area (Å²) >= 11 is 0. The predicted octanol–water partition coefficient (Wildman–Crippen LogP) is 2.77. The maximum Gasteiger partial charge on any atom is 0.300 e. The molecule has 0 radical (unpaired) electrons. The summed E-state index contributed by atoms with van der Waals surface area (Å²) in [5.74, 6) is 4.73. The fourth-order valence-corrected chi connectivity index (χ4v) is 9.92. The van der Waals surface area contributed by atoms with E-state index in [2.05, 4.69) is 53.0 Å². The molecule has 6 N–H and O–H groups in total. The second-order valence-electron chi connectivity index (χ2n) is 15.6. The Morgan fingerprint density at radius 3 is 2.53 bits per heavy atom. The fourth-order valence-electron chi connectivity index (χ4n) is 8.48. The minimum absolute atomic E-state index is 0.0359. The van der Waals surface area contributed by atoms with E-state index in [1.807, 2.05) is 10.8 Å². The number of ether oxygens (including phenoxy) is 1. The van der Waals surface area contributed by atoms with Gasteiger partial charge in [0, 0.05) is 67.7 Å². The number of carbonyl (C=O) groups is 1. The lowest BCUT2D eigenvalue weighted by Gasteiger charge is -2.35. The molecule has 294 valence electrons. The van der Waals surface area contributed by atoms with Gasteiger partial charge in [0.2, 0.25) is 11.3 Å². The number of hydrogen-bond donors (Lipinski definition) is 5. The molecule has 1 aromatic heterocycles. The van der Waals surface area contributed by atoms with Crippen molar-refractivity contribution in [2.75, 3.05) is 30.8 Å².